The number of amides is 1. The summed E-state index contributed by atoms with van der Waals surface area (Å²) in [5.41, 5.74) is 1.43. The molecule has 2 aromatic rings. The number of rotatable bonds is 7. The fourth-order valence-corrected chi connectivity index (χ4v) is 4.69. The van der Waals surface area contributed by atoms with Crippen LogP contribution >= 0.6 is 0 Å². The van der Waals surface area contributed by atoms with Crippen LogP contribution in [0.5, 0.6) is 0 Å². The van der Waals surface area contributed by atoms with E-state index in [1.807, 2.05) is 37.3 Å². The first-order chi connectivity index (χ1) is 13.5. The third-order valence-electron chi connectivity index (χ3n) is 4.69. The molecule has 0 N–H and O–H groups in total. The van der Waals surface area contributed by atoms with Gasteiger partial charge in [0.05, 0.1) is 18.1 Å². The van der Waals surface area contributed by atoms with Crippen molar-refractivity contribution in [1.29, 1.82) is 0 Å². The molecule has 1 saturated heterocycles. The van der Waals surface area contributed by atoms with Crippen LogP contribution in [0.4, 0.5) is 0 Å². The van der Waals surface area contributed by atoms with Gasteiger partial charge in [-0.25, -0.2) is 8.42 Å². The van der Waals surface area contributed by atoms with E-state index in [0.717, 1.165) is 12.0 Å². The van der Waals surface area contributed by atoms with Gasteiger partial charge < -0.3 is 9.64 Å². The molecule has 0 aliphatic carbocycles. The maximum atomic E-state index is 13.1. The van der Waals surface area contributed by atoms with Gasteiger partial charge >= 0.3 is 0 Å². The van der Waals surface area contributed by atoms with Crippen LogP contribution in [0.3, 0.4) is 0 Å². The average molecular weight is 403 g/mol. The van der Waals surface area contributed by atoms with Crippen molar-refractivity contribution in [1.82, 2.24) is 9.21 Å². The van der Waals surface area contributed by atoms with E-state index in [4.69, 9.17) is 4.74 Å². The second-order valence-corrected chi connectivity index (χ2v) is 8.69. The lowest BCUT2D eigenvalue weighted by Crippen LogP contribution is -2.40. The highest BCUT2D eigenvalue weighted by Crippen LogP contribution is 2.20. The zero-order valence-corrected chi connectivity index (χ0v) is 16.9. The normalized spacial score (nSPS) is 15.3. The van der Waals surface area contributed by atoms with Gasteiger partial charge in [-0.1, -0.05) is 43.3 Å². The van der Waals surface area contributed by atoms with Gasteiger partial charge in [-0.15, -0.1) is 0 Å². The number of sulfonamides is 1. The minimum atomic E-state index is -3.63. The predicted molar refractivity (Wildman–Crippen MR) is 107 cm³/mol. The summed E-state index contributed by atoms with van der Waals surface area (Å²) in [7, 11) is -3.63. The highest BCUT2D eigenvalue weighted by Gasteiger charge is 2.27. The SMILES string of the molecule is CCCN(Cc1ccccc1)C(=O)c1cccc(S(=O)(=O)N2CCOCC2)c1. The van der Waals surface area contributed by atoms with Gasteiger partial charge in [0.2, 0.25) is 10.0 Å². The van der Waals surface area contributed by atoms with Gasteiger partial charge in [-0.3, -0.25) is 4.79 Å². The number of nitrogens with zero attached hydrogens (tertiary/aromatic N) is 2. The Morgan fingerprint density at radius 3 is 2.46 bits per heavy atom. The van der Waals surface area contributed by atoms with Crippen molar-refractivity contribution in [2.45, 2.75) is 24.8 Å². The Balaban J connectivity index is 1.83. The molecule has 0 spiro atoms. The lowest BCUT2D eigenvalue weighted by atomic mass is 10.1. The van der Waals surface area contributed by atoms with Crippen LogP contribution in [0.15, 0.2) is 59.5 Å². The van der Waals surface area contributed by atoms with E-state index in [1.54, 1.807) is 23.1 Å². The summed E-state index contributed by atoms with van der Waals surface area (Å²) >= 11 is 0. The third kappa shape index (κ3) is 4.79. The summed E-state index contributed by atoms with van der Waals surface area (Å²) < 4.78 is 32.4. The molecule has 150 valence electrons. The van der Waals surface area contributed by atoms with Crippen molar-refractivity contribution < 1.29 is 17.9 Å². The Labute approximate surface area is 166 Å². The van der Waals surface area contributed by atoms with E-state index in [-0.39, 0.29) is 10.8 Å². The van der Waals surface area contributed by atoms with Crippen LogP contribution < -0.4 is 0 Å². The Bertz CT molecular complexity index is 894. The maximum Gasteiger partial charge on any atom is 0.254 e. The largest absolute Gasteiger partial charge is 0.379 e. The highest BCUT2D eigenvalue weighted by atomic mass is 32.2. The second-order valence-electron chi connectivity index (χ2n) is 6.76. The molecular weight excluding hydrogens is 376 g/mol. The van der Waals surface area contributed by atoms with Gasteiger partial charge in [-0.05, 0) is 30.2 Å². The lowest BCUT2D eigenvalue weighted by Gasteiger charge is -2.26. The molecule has 0 saturated carbocycles. The number of hydrogen-bond donors (Lipinski definition) is 0. The van der Waals surface area contributed by atoms with Crippen LogP contribution in [0.1, 0.15) is 29.3 Å². The van der Waals surface area contributed by atoms with Crippen molar-refractivity contribution >= 4 is 15.9 Å². The number of carbonyl (C=O) groups excluding carboxylic acids is 1. The summed E-state index contributed by atoms with van der Waals surface area (Å²) in [5, 5.41) is 0. The first-order valence-corrected chi connectivity index (χ1v) is 11.0. The van der Waals surface area contributed by atoms with E-state index in [0.29, 0.717) is 45.0 Å². The van der Waals surface area contributed by atoms with Crippen molar-refractivity contribution in [2.75, 3.05) is 32.8 Å². The molecule has 0 bridgehead atoms. The molecule has 1 aliphatic rings. The van der Waals surface area contributed by atoms with Crippen LogP contribution in [-0.4, -0.2) is 56.4 Å². The van der Waals surface area contributed by atoms with Crippen LogP contribution in [0, 0.1) is 0 Å². The Morgan fingerprint density at radius 2 is 1.79 bits per heavy atom. The maximum absolute atomic E-state index is 13.1. The predicted octanol–water partition coefficient (Wildman–Crippen LogP) is 2.76. The van der Waals surface area contributed by atoms with E-state index < -0.39 is 10.0 Å². The zero-order valence-electron chi connectivity index (χ0n) is 16.1. The minimum absolute atomic E-state index is 0.149. The molecule has 1 amide bonds. The van der Waals surface area contributed by atoms with E-state index in [1.165, 1.54) is 10.4 Å². The molecule has 6 nitrogen and oxygen atoms in total. The molecule has 2 aromatic carbocycles. The van der Waals surface area contributed by atoms with Crippen molar-refractivity contribution in [3.63, 3.8) is 0 Å². The number of carbonyl (C=O) groups is 1. The summed E-state index contributed by atoms with van der Waals surface area (Å²) in [4.78, 5) is 15.0. The first-order valence-electron chi connectivity index (χ1n) is 9.53. The van der Waals surface area contributed by atoms with Gasteiger partial charge in [0.1, 0.15) is 0 Å². The lowest BCUT2D eigenvalue weighted by molar-refractivity contribution is 0.0729. The first kappa shape index (κ1) is 20.5. The number of hydrogen-bond acceptors (Lipinski definition) is 4. The monoisotopic (exact) mass is 402 g/mol. The van der Waals surface area contributed by atoms with Crippen LogP contribution in [0.25, 0.3) is 0 Å². The van der Waals surface area contributed by atoms with Gasteiger partial charge in [0.15, 0.2) is 0 Å². The fourth-order valence-electron chi connectivity index (χ4n) is 3.23. The van der Waals surface area contributed by atoms with Crippen molar-refractivity contribution in [3.8, 4) is 0 Å². The van der Waals surface area contributed by atoms with E-state index in [2.05, 4.69) is 0 Å². The molecule has 1 fully saturated rings. The fraction of sp³-hybridized carbons (Fsp3) is 0.381. The quantitative estimate of drug-likeness (QED) is 0.714. The third-order valence-corrected chi connectivity index (χ3v) is 6.58. The standard InChI is InChI=1S/C21H26N2O4S/c1-2-11-22(17-18-7-4-3-5-8-18)21(24)19-9-6-10-20(16-19)28(25,26)23-12-14-27-15-13-23/h3-10,16H,2,11-15,17H2,1H3. The molecule has 0 aromatic heterocycles. The summed E-state index contributed by atoms with van der Waals surface area (Å²) in [6, 6.07) is 16.1. The summed E-state index contributed by atoms with van der Waals surface area (Å²) in [6.07, 6.45) is 0.824. The molecule has 0 atom stereocenters. The number of morpholine rings is 1. The highest BCUT2D eigenvalue weighted by molar-refractivity contribution is 7.89. The topological polar surface area (TPSA) is 66.9 Å². The Morgan fingerprint density at radius 1 is 1.07 bits per heavy atom. The zero-order chi connectivity index (χ0) is 20.0. The van der Waals surface area contributed by atoms with Crippen LogP contribution in [0.2, 0.25) is 0 Å². The molecule has 3 rings (SSSR count). The Kier molecular flexibility index (Phi) is 6.83. The second kappa shape index (κ2) is 9.32. The number of benzene rings is 2. The molecule has 1 heterocycles. The Hall–Kier alpha value is -2.22. The molecule has 0 unspecified atom stereocenters. The summed E-state index contributed by atoms with van der Waals surface area (Å²) in [6.45, 7) is 4.55. The summed E-state index contributed by atoms with van der Waals surface area (Å²) in [5.74, 6) is -0.162. The van der Waals surface area contributed by atoms with Crippen LogP contribution in [-0.2, 0) is 21.3 Å². The smallest absolute Gasteiger partial charge is 0.254 e. The molecule has 28 heavy (non-hydrogen) atoms. The van der Waals surface area contributed by atoms with Gasteiger partial charge in [-0.2, -0.15) is 4.31 Å². The van der Waals surface area contributed by atoms with Crippen molar-refractivity contribution in [2.24, 2.45) is 0 Å². The van der Waals surface area contributed by atoms with Crippen molar-refractivity contribution in [3.05, 3.63) is 65.7 Å². The average Bonchev–Trinajstić information content (AvgIpc) is 2.74. The van der Waals surface area contributed by atoms with E-state index in [9.17, 15) is 13.2 Å². The van der Waals surface area contributed by atoms with E-state index >= 15 is 0 Å². The van der Waals surface area contributed by atoms with Gasteiger partial charge in [0.25, 0.3) is 5.91 Å². The minimum Gasteiger partial charge on any atom is -0.379 e. The molecular formula is C21H26N2O4S. The molecule has 7 heteroatoms. The molecule has 1 aliphatic heterocycles. The molecule has 0 radical (unpaired) electrons. The van der Waals surface area contributed by atoms with Gasteiger partial charge in [0, 0.05) is 31.7 Å². The number of ether oxygens (including phenoxy) is 1.